The van der Waals surface area contributed by atoms with E-state index in [0.717, 1.165) is 19.5 Å². The molecule has 1 fully saturated rings. The molecule has 1 saturated heterocycles. The van der Waals surface area contributed by atoms with Crippen molar-refractivity contribution in [3.8, 4) is 0 Å². The van der Waals surface area contributed by atoms with E-state index in [0.29, 0.717) is 11.7 Å². The molecule has 1 heterocycles. The second-order valence-corrected chi connectivity index (χ2v) is 2.76. The molecule has 2 nitrogen and oxygen atoms in total. The molecule has 0 aromatic heterocycles. The van der Waals surface area contributed by atoms with Gasteiger partial charge in [0.1, 0.15) is 5.78 Å². The maximum atomic E-state index is 10.6. The van der Waals surface area contributed by atoms with Gasteiger partial charge in [0.05, 0.1) is 0 Å². The molecule has 1 N–H and O–H groups in total. The van der Waals surface area contributed by atoms with Crippen LogP contribution in [0.2, 0.25) is 0 Å². The van der Waals surface area contributed by atoms with E-state index in [2.05, 4.69) is 5.32 Å². The molecule has 0 spiro atoms. The molecule has 0 aromatic carbocycles. The average Bonchev–Trinajstić information content (AvgIpc) is 2.43. The Kier molecular flexibility index (Phi) is 6.13. The minimum absolute atomic E-state index is 0.323. The Morgan fingerprint density at radius 2 is 2.18 bits per heavy atom. The summed E-state index contributed by atoms with van der Waals surface area (Å²) in [6.45, 7) is 7.80. The predicted molar refractivity (Wildman–Crippen MR) is 47.6 cm³/mol. The van der Waals surface area contributed by atoms with Crippen molar-refractivity contribution in [2.45, 2.75) is 33.6 Å². The molecule has 1 atom stereocenters. The summed E-state index contributed by atoms with van der Waals surface area (Å²) in [5.41, 5.74) is 0. The van der Waals surface area contributed by atoms with E-state index in [4.69, 9.17) is 0 Å². The number of carbonyl (C=O) groups is 1. The topological polar surface area (TPSA) is 29.1 Å². The van der Waals surface area contributed by atoms with E-state index >= 15 is 0 Å². The third-order valence-electron chi connectivity index (χ3n) is 1.74. The van der Waals surface area contributed by atoms with E-state index in [9.17, 15) is 4.79 Å². The van der Waals surface area contributed by atoms with Crippen LogP contribution in [0, 0.1) is 5.92 Å². The summed E-state index contributed by atoms with van der Waals surface area (Å²) >= 11 is 0. The molecule has 0 aromatic rings. The Labute approximate surface area is 69.4 Å². The quantitative estimate of drug-likeness (QED) is 0.659. The monoisotopic (exact) mass is 157 g/mol. The van der Waals surface area contributed by atoms with Crippen molar-refractivity contribution in [1.29, 1.82) is 0 Å². The Hall–Kier alpha value is -0.370. The van der Waals surface area contributed by atoms with Crippen molar-refractivity contribution < 1.29 is 4.79 Å². The highest BCUT2D eigenvalue weighted by Gasteiger charge is 2.15. The first-order chi connectivity index (χ1) is 5.29. The smallest absolute Gasteiger partial charge is 0.130 e. The van der Waals surface area contributed by atoms with Crippen molar-refractivity contribution in [2.75, 3.05) is 13.1 Å². The number of rotatable bonds is 2. The van der Waals surface area contributed by atoms with Crippen LogP contribution >= 0.6 is 0 Å². The maximum Gasteiger partial charge on any atom is 0.130 e. The highest BCUT2D eigenvalue weighted by atomic mass is 16.1. The van der Waals surface area contributed by atoms with Gasteiger partial charge in [0.15, 0.2) is 0 Å². The van der Waals surface area contributed by atoms with Crippen LogP contribution < -0.4 is 5.32 Å². The Bertz CT molecular complexity index is 106. The van der Waals surface area contributed by atoms with Crippen molar-refractivity contribution >= 4 is 5.78 Å². The Balaban J connectivity index is 0.000000461. The van der Waals surface area contributed by atoms with E-state index in [1.165, 1.54) is 6.42 Å². The van der Waals surface area contributed by atoms with Gasteiger partial charge in [-0.05, 0) is 32.4 Å². The van der Waals surface area contributed by atoms with E-state index < -0.39 is 0 Å². The number of hydrogen-bond acceptors (Lipinski definition) is 2. The number of hydrogen-bond donors (Lipinski definition) is 1. The van der Waals surface area contributed by atoms with Gasteiger partial charge in [0.25, 0.3) is 0 Å². The van der Waals surface area contributed by atoms with Gasteiger partial charge >= 0.3 is 0 Å². The predicted octanol–water partition coefficient (Wildman–Crippen LogP) is 1.60. The van der Waals surface area contributed by atoms with Crippen LogP contribution in [0.15, 0.2) is 0 Å². The molecule has 1 rings (SSSR count). The fourth-order valence-electron chi connectivity index (χ4n) is 1.30. The first-order valence-corrected chi connectivity index (χ1v) is 4.49. The zero-order chi connectivity index (χ0) is 8.69. The molecule has 0 aliphatic carbocycles. The molecule has 0 amide bonds. The molecule has 66 valence electrons. The second kappa shape index (κ2) is 6.35. The second-order valence-electron chi connectivity index (χ2n) is 2.76. The number of Topliss-reactive ketones (excluding diaryl/α,β-unsaturated/α-hetero) is 1. The summed E-state index contributed by atoms with van der Waals surface area (Å²) in [5, 5.41) is 3.23. The van der Waals surface area contributed by atoms with Crippen molar-refractivity contribution in [1.82, 2.24) is 5.32 Å². The van der Waals surface area contributed by atoms with Crippen LogP contribution in [0.25, 0.3) is 0 Å². The fraction of sp³-hybridized carbons (Fsp3) is 0.889. The molecule has 11 heavy (non-hydrogen) atoms. The standard InChI is InChI=1S/C7H13NO.C2H6/c1-6(9)4-7-2-3-8-5-7;1-2/h7-8H,2-5H2,1H3;1-2H3. The van der Waals surface area contributed by atoms with Gasteiger partial charge in [-0.15, -0.1) is 0 Å². The summed E-state index contributed by atoms with van der Waals surface area (Å²) < 4.78 is 0. The molecular weight excluding hydrogens is 138 g/mol. The normalized spacial score (nSPS) is 22.3. The highest BCUT2D eigenvalue weighted by Crippen LogP contribution is 2.11. The summed E-state index contributed by atoms with van der Waals surface area (Å²) in [4.78, 5) is 10.6. The van der Waals surface area contributed by atoms with Gasteiger partial charge in [0.2, 0.25) is 0 Å². The molecule has 1 aliphatic rings. The van der Waals surface area contributed by atoms with Crippen LogP contribution in [-0.2, 0) is 4.79 Å². The summed E-state index contributed by atoms with van der Waals surface area (Å²) in [6, 6.07) is 0. The molecule has 1 unspecified atom stereocenters. The molecular formula is C9H19NO. The lowest BCUT2D eigenvalue weighted by Gasteiger charge is -2.01. The number of nitrogens with one attached hydrogen (secondary N) is 1. The molecule has 2 heteroatoms. The minimum atomic E-state index is 0.323. The molecule has 0 saturated carbocycles. The van der Waals surface area contributed by atoms with Crippen molar-refractivity contribution in [2.24, 2.45) is 5.92 Å². The van der Waals surface area contributed by atoms with Gasteiger partial charge in [-0.3, -0.25) is 0 Å². The van der Waals surface area contributed by atoms with Crippen LogP contribution in [-0.4, -0.2) is 18.9 Å². The van der Waals surface area contributed by atoms with Crippen LogP contribution in [0.1, 0.15) is 33.6 Å². The molecule has 0 radical (unpaired) electrons. The third-order valence-corrected chi connectivity index (χ3v) is 1.74. The van der Waals surface area contributed by atoms with Crippen LogP contribution in [0.4, 0.5) is 0 Å². The van der Waals surface area contributed by atoms with Crippen molar-refractivity contribution in [3.63, 3.8) is 0 Å². The van der Waals surface area contributed by atoms with Crippen molar-refractivity contribution in [3.05, 3.63) is 0 Å². The third kappa shape index (κ3) is 4.96. The number of ketones is 1. The highest BCUT2D eigenvalue weighted by molar-refractivity contribution is 5.75. The SMILES string of the molecule is CC.CC(=O)CC1CCNC1. The Morgan fingerprint density at radius 1 is 1.55 bits per heavy atom. The largest absolute Gasteiger partial charge is 0.316 e. The van der Waals surface area contributed by atoms with E-state index in [1.54, 1.807) is 6.92 Å². The van der Waals surface area contributed by atoms with E-state index in [1.807, 2.05) is 13.8 Å². The van der Waals surface area contributed by atoms with Gasteiger partial charge in [-0.2, -0.15) is 0 Å². The lowest BCUT2D eigenvalue weighted by molar-refractivity contribution is -0.117. The number of carbonyl (C=O) groups excluding carboxylic acids is 1. The maximum absolute atomic E-state index is 10.6. The summed E-state index contributed by atoms with van der Waals surface area (Å²) in [6.07, 6.45) is 1.95. The van der Waals surface area contributed by atoms with Gasteiger partial charge in [0, 0.05) is 6.42 Å². The van der Waals surface area contributed by atoms with Gasteiger partial charge < -0.3 is 10.1 Å². The minimum Gasteiger partial charge on any atom is -0.316 e. The first-order valence-electron chi connectivity index (χ1n) is 4.49. The fourth-order valence-corrected chi connectivity index (χ4v) is 1.30. The summed E-state index contributed by atoms with van der Waals surface area (Å²) in [7, 11) is 0. The van der Waals surface area contributed by atoms with Gasteiger partial charge in [-0.1, -0.05) is 13.8 Å². The van der Waals surface area contributed by atoms with E-state index in [-0.39, 0.29) is 0 Å². The van der Waals surface area contributed by atoms with Crippen LogP contribution in [0.3, 0.4) is 0 Å². The van der Waals surface area contributed by atoms with Gasteiger partial charge in [-0.25, -0.2) is 0 Å². The Morgan fingerprint density at radius 3 is 2.55 bits per heavy atom. The zero-order valence-electron chi connectivity index (χ0n) is 7.81. The van der Waals surface area contributed by atoms with Crippen LogP contribution in [0.5, 0.6) is 0 Å². The lowest BCUT2D eigenvalue weighted by atomic mass is 10.0. The zero-order valence-corrected chi connectivity index (χ0v) is 7.81. The lowest BCUT2D eigenvalue weighted by Crippen LogP contribution is -2.10. The average molecular weight is 157 g/mol. The molecule has 1 aliphatic heterocycles. The first kappa shape index (κ1) is 10.6. The molecule has 0 bridgehead atoms. The summed E-state index contributed by atoms with van der Waals surface area (Å²) in [5.74, 6) is 0.950.